The minimum atomic E-state index is -3.48. The van der Waals surface area contributed by atoms with E-state index in [0.29, 0.717) is 25.0 Å². The molecule has 26 heavy (non-hydrogen) atoms. The molecule has 148 valence electrons. The molecule has 1 aromatic carbocycles. The molecule has 0 aromatic heterocycles. The Hall–Kier alpha value is -1.64. The van der Waals surface area contributed by atoms with E-state index in [-0.39, 0.29) is 11.4 Å². The van der Waals surface area contributed by atoms with Crippen LogP contribution in [0.4, 0.5) is 0 Å². The second-order valence-corrected chi connectivity index (χ2v) is 8.23. The van der Waals surface area contributed by atoms with E-state index >= 15 is 0 Å². The summed E-state index contributed by atoms with van der Waals surface area (Å²) in [6, 6.07) is 6.77. The molecule has 0 fully saturated rings. The number of rotatable bonds is 11. The number of benzene rings is 1. The van der Waals surface area contributed by atoms with Crippen molar-refractivity contribution >= 4 is 16.0 Å². The van der Waals surface area contributed by atoms with Crippen molar-refractivity contribution < 1.29 is 13.2 Å². The summed E-state index contributed by atoms with van der Waals surface area (Å²) < 4.78 is 32.5. The van der Waals surface area contributed by atoms with E-state index in [1.165, 1.54) is 0 Å². The number of aryl methyl sites for hydroxylation is 1. The van der Waals surface area contributed by atoms with Crippen LogP contribution in [0.5, 0.6) is 0 Å². The highest BCUT2D eigenvalue weighted by Crippen LogP contribution is 2.09. The smallest absolute Gasteiger partial charge is 0.240 e. The maximum absolute atomic E-state index is 12.2. The summed E-state index contributed by atoms with van der Waals surface area (Å²) in [5.74, 6) is 1.18. The highest BCUT2D eigenvalue weighted by molar-refractivity contribution is 7.89. The quantitative estimate of drug-likeness (QED) is 0.305. The van der Waals surface area contributed by atoms with Gasteiger partial charge in [0.25, 0.3) is 0 Å². The predicted molar refractivity (Wildman–Crippen MR) is 106 cm³/mol. The van der Waals surface area contributed by atoms with Gasteiger partial charge in [0.15, 0.2) is 5.96 Å². The molecule has 0 aliphatic heterocycles. The van der Waals surface area contributed by atoms with Crippen LogP contribution in [-0.4, -0.2) is 54.3 Å². The van der Waals surface area contributed by atoms with Crippen LogP contribution in [0.2, 0.25) is 0 Å². The zero-order valence-electron chi connectivity index (χ0n) is 16.2. The molecule has 0 heterocycles. The summed E-state index contributed by atoms with van der Waals surface area (Å²) in [6.45, 7) is 9.10. The van der Waals surface area contributed by atoms with Crippen LogP contribution in [0.3, 0.4) is 0 Å². The number of hydrogen-bond donors (Lipinski definition) is 3. The van der Waals surface area contributed by atoms with E-state index in [9.17, 15) is 8.42 Å². The van der Waals surface area contributed by atoms with Crippen molar-refractivity contribution in [3.8, 4) is 0 Å². The van der Waals surface area contributed by atoms with Gasteiger partial charge in [-0.25, -0.2) is 13.1 Å². The van der Waals surface area contributed by atoms with Crippen molar-refractivity contribution in [2.75, 3.05) is 39.9 Å². The summed E-state index contributed by atoms with van der Waals surface area (Å²) in [5.41, 5.74) is 1.02. The first-order valence-corrected chi connectivity index (χ1v) is 10.4. The fourth-order valence-electron chi connectivity index (χ4n) is 2.09. The normalized spacial score (nSPS) is 12.4. The molecule has 1 rings (SSSR count). The fraction of sp³-hybridized carbons (Fsp3) is 0.611. The van der Waals surface area contributed by atoms with Crippen LogP contribution in [0.1, 0.15) is 25.8 Å². The molecule has 0 amide bonds. The minimum Gasteiger partial charge on any atom is -0.381 e. The molecular formula is C18H32N4O3S. The molecule has 0 saturated heterocycles. The highest BCUT2D eigenvalue weighted by Gasteiger charge is 2.12. The maximum Gasteiger partial charge on any atom is 0.240 e. The minimum absolute atomic E-state index is 0.270. The average molecular weight is 385 g/mol. The molecule has 7 nitrogen and oxygen atoms in total. The number of ether oxygens (including phenoxy) is 1. The van der Waals surface area contributed by atoms with Crippen LogP contribution in [0.25, 0.3) is 0 Å². The Kier molecular flexibility index (Phi) is 10.2. The lowest BCUT2D eigenvalue weighted by atomic mass is 10.2. The number of nitrogens with zero attached hydrogens (tertiary/aromatic N) is 1. The summed E-state index contributed by atoms with van der Waals surface area (Å²) in [4.78, 5) is 4.38. The number of sulfonamides is 1. The Bertz CT molecular complexity index is 643. The van der Waals surface area contributed by atoms with Crippen LogP contribution in [-0.2, 0) is 14.8 Å². The third-order valence-electron chi connectivity index (χ3n) is 3.47. The molecule has 3 N–H and O–H groups in total. The molecule has 0 aliphatic rings. The van der Waals surface area contributed by atoms with Crippen LogP contribution >= 0.6 is 0 Å². The van der Waals surface area contributed by atoms with Gasteiger partial charge in [0.1, 0.15) is 0 Å². The second-order valence-electron chi connectivity index (χ2n) is 6.46. The highest BCUT2D eigenvalue weighted by atomic mass is 32.2. The third kappa shape index (κ3) is 9.17. The van der Waals surface area contributed by atoms with Gasteiger partial charge in [-0.05, 0) is 31.4 Å². The summed E-state index contributed by atoms with van der Waals surface area (Å²) in [7, 11) is -1.80. The first-order valence-electron chi connectivity index (χ1n) is 8.93. The predicted octanol–water partition coefficient (Wildman–Crippen LogP) is 1.50. The summed E-state index contributed by atoms with van der Waals surface area (Å²) in [6.07, 6.45) is 0.882. The molecule has 8 heteroatoms. The molecule has 0 radical (unpaired) electrons. The standard InChI is InChI=1S/C18H32N4O3S/c1-15(2)14-25-13-5-10-20-18(19-4)21-11-12-22-26(23,24)17-8-6-16(3)7-9-17/h6-9,15,22H,5,10-14H2,1-4H3,(H2,19,20,21). The summed E-state index contributed by atoms with van der Waals surface area (Å²) in [5, 5.41) is 6.26. The van der Waals surface area contributed by atoms with Crippen molar-refractivity contribution in [1.29, 1.82) is 0 Å². The van der Waals surface area contributed by atoms with Crippen molar-refractivity contribution in [2.24, 2.45) is 10.9 Å². The fourth-order valence-corrected chi connectivity index (χ4v) is 3.12. The zero-order valence-corrected chi connectivity index (χ0v) is 17.0. The molecular weight excluding hydrogens is 352 g/mol. The Balaban J connectivity index is 2.23. The molecule has 0 atom stereocenters. The van der Waals surface area contributed by atoms with Gasteiger partial charge in [0.2, 0.25) is 10.0 Å². The topological polar surface area (TPSA) is 91.8 Å². The van der Waals surface area contributed by atoms with Gasteiger partial charge >= 0.3 is 0 Å². The van der Waals surface area contributed by atoms with Gasteiger partial charge in [-0.2, -0.15) is 0 Å². The molecule has 0 bridgehead atoms. The van der Waals surface area contributed by atoms with E-state index < -0.39 is 10.0 Å². The Labute approximate surface area is 157 Å². The van der Waals surface area contributed by atoms with Crippen LogP contribution in [0, 0.1) is 12.8 Å². The lowest BCUT2D eigenvalue weighted by molar-refractivity contribution is 0.108. The number of aliphatic imine (C=N–C) groups is 1. The van der Waals surface area contributed by atoms with Crippen molar-refractivity contribution in [3.05, 3.63) is 29.8 Å². The maximum atomic E-state index is 12.2. The molecule has 0 unspecified atom stereocenters. The molecule has 0 aliphatic carbocycles. The molecule has 1 aromatic rings. The van der Waals surface area contributed by atoms with Gasteiger partial charge in [-0.3, -0.25) is 4.99 Å². The van der Waals surface area contributed by atoms with E-state index in [1.807, 2.05) is 6.92 Å². The Morgan fingerprint density at radius 3 is 2.38 bits per heavy atom. The lowest BCUT2D eigenvalue weighted by Gasteiger charge is -2.13. The number of guanidine groups is 1. The van der Waals surface area contributed by atoms with Crippen LogP contribution in [0.15, 0.2) is 34.2 Å². The van der Waals surface area contributed by atoms with Gasteiger partial charge < -0.3 is 15.4 Å². The largest absolute Gasteiger partial charge is 0.381 e. The Morgan fingerprint density at radius 2 is 1.77 bits per heavy atom. The van der Waals surface area contributed by atoms with Gasteiger partial charge in [0, 0.05) is 39.9 Å². The average Bonchev–Trinajstić information content (AvgIpc) is 2.59. The zero-order chi connectivity index (χ0) is 19.4. The van der Waals surface area contributed by atoms with E-state index in [2.05, 4.69) is 34.2 Å². The number of hydrogen-bond acceptors (Lipinski definition) is 4. The molecule has 0 spiro atoms. The van der Waals surface area contributed by atoms with Crippen LogP contribution < -0.4 is 15.4 Å². The van der Waals surface area contributed by atoms with E-state index in [1.54, 1.807) is 31.3 Å². The number of nitrogens with one attached hydrogen (secondary N) is 3. The third-order valence-corrected chi connectivity index (χ3v) is 4.95. The SMILES string of the molecule is CN=C(NCCCOCC(C)C)NCCNS(=O)(=O)c1ccc(C)cc1. The van der Waals surface area contributed by atoms with Gasteiger partial charge in [-0.15, -0.1) is 0 Å². The monoisotopic (exact) mass is 384 g/mol. The lowest BCUT2D eigenvalue weighted by Crippen LogP contribution is -2.42. The van der Waals surface area contributed by atoms with Crippen molar-refractivity contribution in [2.45, 2.75) is 32.1 Å². The molecule has 0 saturated carbocycles. The van der Waals surface area contributed by atoms with Gasteiger partial charge in [-0.1, -0.05) is 31.5 Å². The second kappa shape index (κ2) is 11.9. The first-order chi connectivity index (χ1) is 12.3. The first kappa shape index (κ1) is 22.4. The van der Waals surface area contributed by atoms with E-state index in [0.717, 1.165) is 25.1 Å². The summed E-state index contributed by atoms with van der Waals surface area (Å²) >= 11 is 0. The van der Waals surface area contributed by atoms with E-state index in [4.69, 9.17) is 4.74 Å². The van der Waals surface area contributed by atoms with Crippen molar-refractivity contribution in [3.63, 3.8) is 0 Å². The van der Waals surface area contributed by atoms with Gasteiger partial charge in [0.05, 0.1) is 4.90 Å². The van der Waals surface area contributed by atoms with Crippen molar-refractivity contribution in [1.82, 2.24) is 15.4 Å². The Morgan fingerprint density at radius 1 is 1.12 bits per heavy atom.